The van der Waals surface area contributed by atoms with E-state index >= 15 is 0 Å². The molecule has 8 aromatic carbocycles. The third-order valence-corrected chi connectivity index (χ3v) is 9.97. The molecule has 10 rings (SSSR count). The molecule has 0 saturated heterocycles. The zero-order chi connectivity index (χ0) is 35.1. The summed E-state index contributed by atoms with van der Waals surface area (Å²) in [6.07, 6.45) is 0. The average molecular weight is 678 g/mol. The number of hydrogen-bond acceptors (Lipinski definition) is 4. The molecule has 0 bridgehead atoms. The molecule has 53 heavy (non-hydrogen) atoms. The van der Waals surface area contributed by atoms with Gasteiger partial charge in [-0.25, -0.2) is 15.0 Å². The summed E-state index contributed by atoms with van der Waals surface area (Å²) < 4.78 is 6.18. The van der Waals surface area contributed by atoms with Gasteiger partial charge in [0.05, 0.1) is 0 Å². The minimum Gasteiger partial charge on any atom is -0.456 e. The summed E-state index contributed by atoms with van der Waals surface area (Å²) in [6.45, 7) is 0. The fraction of sp³-hybridized carbons (Fsp3) is 0. The predicted molar refractivity (Wildman–Crippen MR) is 217 cm³/mol. The molecule has 4 heteroatoms. The molecule has 0 aliphatic rings. The standard InChI is InChI=1S/C49H31N3O/c1-2-12-34(13-3-1)40-15-6-7-16-42(40)49-51-47(36-26-21-33(22-27-36)39-30-23-32-11-4-5-14-38(32)31-39)50-48(52-49)37-28-24-35(25-29-37)41-18-10-20-45-46(41)43-17-8-9-19-44(43)53-45/h1-31H. The van der Waals surface area contributed by atoms with Crippen molar-refractivity contribution in [2.24, 2.45) is 0 Å². The Bertz CT molecular complexity index is 2930. The van der Waals surface area contributed by atoms with Crippen molar-refractivity contribution in [3.05, 3.63) is 188 Å². The maximum atomic E-state index is 6.18. The molecule has 0 aliphatic heterocycles. The smallest absolute Gasteiger partial charge is 0.164 e. The van der Waals surface area contributed by atoms with E-state index in [-0.39, 0.29) is 0 Å². The largest absolute Gasteiger partial charge is 0.456 e. The molecule has 0 amide bonds. The van der Waals surface area contributed by atoms with E-state index in [9.17, 15) is 0 Å². The van der Waals surface area contributed by atoms with Gasteiger partial charge >= 0.3 is 0 Å². The number of rotatable bonds is 6. The Labute approximate surface area is 306 Å². The summed E-state index contributed by atoms with van der Waals surface area (Å²) in [7, 11) is 0. The highest BCUT2D eigenvalue weighted by molar-refractivity contribution is 6.12. The summed E-state index contributed by atoms with van der Waals surface area (Å²) in [5, 5.41) is 4.68. The van der Waals surface area contributed by atoms with Gasteiger partial charge in [0.1, 0.15) is 11.2 Å². The van der Waals surface area contributed by atoms with Crippen LogP contribution in [0.15, 0.2) is 192 Å². The van der Waals surface area contributed by atoms with Crippen molar-refractivity contribution in [1.29, 1.82) is 0 Å². The minimum atomic E-state index is 0.616. The van der Waals surface area contributed by atoms with E-state index in [1.165, 1.54) is 16.3 Å². The van der Waals surface area contributed by atoms with E-state index in [1.807, 2.05) is 36.4 Å². The Balaban J connectivity index is 1.08. The van der Waals surface area contributed by atoms with Gasteiger partial charge in [-0.05, 0) is 62.4 Å². The zero-order valence-corrected chi connectivity index (χ0v) is 28.6. The Morgan fingerprint density at radius 2 is 0.830 bits per heavy atom. The lowest BCUT2D eigenvalue weighted by Gasteiger charge is -2.13. The second-order valence-electron chi connectivity index (χ2n) is 13.2. The fourth-order valence-corrected chi connectivity index (χ4v) is 7.30. The highest BCUT2D eigenvalue weighted by atomic mass is 16.3. The number of hydrogen-bond donors (Lipinski definition) is 0. The second-order valence-corrected chi connectivity index (χ2v) is 13.2. The van der Waals surface area contributed by atoms with Crippen LogP contribution < -0.4 is 0 Å². The normalized spacial score (nSPS) is 11.4. The van der Waals surface area contributed by atoms with Gasteiger partial charge in [0.25, 0.3) is 0 Å². The first-order valence-corrected chi connectivity index (χ1v) is 17.8. The molecule has 0 saturated carbocycles. The molecule has 0 unspecified atom stereocenters. The molecule has 0 N–H and O–H groups in total. The van der Waals surface area contributed by atoms with Gasteiger partial charge in [-0.1, -0.05) is 170 Å². The Morgan fingerprint density at radius 1 is 0.302 bits per heavy atom. The maximum absolute atomic E-state index is 6.18. The molecule has 0 fully saturated rings. The van der Waals surface area contributed by atoms with E-state index in [0.717, 1.165) is 66.4 Å². The second kappa shape index (κ2) is 12.9. The number of para-hydroxylation sites is 1. The van der Waals surface area contributed by atoms with Crippen LogP contribution in [0.5, 0.6) is 0 Å². The number of benzene rings is 8. The monoisotopic (exact) mass is 677 g/mol. The summed E-state index contributed by atoms with van der Waals surface area (Å²) >= 11 is 0. The van der Waals surface area contributed by atoms with Crippen molar-refractivity contribution in [2.75, 3.05) is 0 Å². The molecular formula is C49H31N3O. The van der Waals surface area contributed by atoms with Crippen molar-refractivity contribution in [2.45, 2.75) is 0 Å². The molecule has 2 aromatic heterocycles. The summed E-state index contributed by atoms with van der Waals surface area (Å²) in [6, 6.07) is 65.2. The Morgan fingerprint density at radius 3 is 1.60 bits per heavy atom. The van der Waals surface area contributed by atoms with Crippen molar-refractivity contribution < 1.29 is 4.42 Å². The van der Waals surface area contributed by atoms with Gasteiger partial charge < -0.3 is 4.42 Å². The van der Waals surface area contributed by atoms with E-state index in [0.29, 0.717) is 17.5 Å². The van der Waals surface area contributed by atoms with E-state index in [1.54, 1.807) is 0 Å². The molecule has 10 aromatic rings. The number of fused-ring (bicyclic) bond motifs is 4. The number of nitrogens with zero attached hydrogens (tertiary/aromatic N) is 3. The SMILES string of the molecule is c1ccc(-c2ccccc2-c2nc(-c3ccc(-c4ccc5ccccc5c4)cc3)nc(-c3ccc(-c4cccc5oc6ccccc6c45)cc3)n2)cc1. The lowest BCUT2D eigenvalue weighted by atomic mass is 9.98. The van der Waals surface area contributed by atoms with Crippen LogP contribution in [0.3, 0.4) is 0 Å². The number of furan rings is 1. The van der Waals surface area contributed by atoms with Crippen LogP contribution in [0.2, 0.25) is 0 Å². The molecule has 248 valence electrons. The van der Waals surface area contributed by atoms with Crippen molar-refractivity contribution in [3.63, 3.8) is 0 Å². The van der Waals surface area contributed by atoms with E-state index < -0.39 is 0 Å². The van der Waals surface area contributed by atoms with Crippen LogP contribution in [-0.4, -0.2) is 15.0 Å². The summed E-state index contributed by atoms with van der Waals surface area (Å²) in [5.41, 5.74) is 11.3. The summed E-state index contributed by atoms with van der Waals surface area (Å²) in [4.78, 5) is 15.3. The van der Waals surface area contributed by atoms with Crippen LogP contribution in [0.1, 0.15) is 0 Å². The van der Waals surface area contributed by atoms with Crippen molar-refractivity contribution in [3.8, 4) is 67.5 Å². The molecule has 4 nitrogen and oxygen atoms in total. The Kier molecular flexibility index (Phi) is 7.43. The molecule has 0 radical (unpaired) electrons. The first kappa shape index (κ1) is 30.6. The predicted octanol–water partition coefficient (Wildman–Crippen LogP) is 12.9. The highest BCUT2D eigenvalue weighted by Crippen LogP contribution is 2.38. The summed E-state index contributed by atoms with van der Waals surface area (Å²) in [5.74, 6) is 1.86. The zero-order valence-electron chi connectivity index (χ0n) is 28.6. The minimum absolute atomic E-state index is 0.616. The average Bonchev–Trinajstić information content (AvgIpc) is 3.63. The van der Waals surface area contributed by atoms with Gasteiger partial charge in [0, 0.05) is 27.5 Å². The maximum Gasteiger partial charge on any atom is 0.164 e. The van der Waals surface area contributed by atoms with E-state index in [2.05, 4.69) is 152 Å². The molecule has 0 spiro atoms. The van der Waals surface area contributed by atoms with Crippen LogP contribution in [-0.2, 0) is 0 Å². The van der Waals surface area contributed by atoms with Crippen LogP contribution in [0.4, 0.5) is 0 Å². The third kappa shape index (κ3) is 5.63. The highest BCUT2D eigenvalue weighted by Gasteiger charge is 2.17. The molecule has 2 heterocycles. The van der Waals surface area contributed by atoms with Gasteiger partial charge in [0.15, 0.2) is 17.5 Å². The topological polar surface area (TPSA) is 51.8 Å². The first-order valence-electron chi connectivity index (χ1n) is 17.8. The van der Waals surface area contributed by atoms with Gasteiger partial charge in [-0.3, -0.25) is 0 Å². The van der Waals surface area contributed by atoms with E-state index in [4.69, 9.17) is 19.4 Å². The van der Waals surface area contributed by atoms with Gasteiger partial charge in [-0.2, -0.15) is 0 Å². The van der Waals surface area contributed by atoms with Crippen molar-refractivity contribution >= 4 is 32.7 Å². The van der Waals surface area contributed by atoms with Crippen LogP contribution in [0.25, 0.3) is 100 Å². The molecular weight excluding hydrogens is 647 g/mol. The third-order valence-electron chi connectivity index (χ3n) is 9.97. The Hall–Kier alpha value is -7.17. The fourth-order valence-electron chi connectivity index (χ4n) is 7.30. The lowest BCUT2D eigenvalue weighted by Crippen LogP contribution is -2.01. The van der Waals surface area contributed by atoms with Crippen molar-refractivity contribution in [1.82, 2.24) is 15.0 Å². The quantitative estimate of drug-likeness (QED) is 0.176. The van der Waals surface area contributed by atoms with Gasteiger partial charge in [-0.15, -0.1) is 0 Å². The van der Waals surface area contributed by atoms with Crippen LogP contribution >= 0.6 is 0 Å². The first-order chi connectivity index (χ1) is 26.2. The lowest BCUT2D eigenvalue weighted by molar-refractivity contribution is 0.669. The molecule has 0 aliphatic carbocycles. The number of aromatic nitrogens is 3. The van der Waals surface area contributed by atoms with Gasteiger partial charge in [0.2, 0.25) is 0 Å². The van der Waals surface area contributed by atoms with Crippen LogP contribution in [0, 0.1) is 0 Å². The molecule has 0 atom stereocenters.